The number of hydrogen-bond donors (Lipinski definition) is 1. The molecule has 4 heteroatoms. The van der Waals surface area contributed by atoms with E-state index in [2.05, 4.69) is 34.7 Å². The van der Waals surface area contributed by atoms with Crippen LogP contribution in [0, 0.1) is 6.92 Å². The van der Waals surface area contributed by atoms with Crippen LogP contribution in [0.5, 0.6) is 5.75 Å². The van der Waals surface area contributed by atoms with Gasteiger partial charge in [-0.1, -0.05) is 18.2 Å². The molecule has 0 aliphatic rings. The zero-order chi connectivity index (χ0) is 14.4. The topological polar surface area (TPSA) is 34.1 Å². The molecule has 0 bridgehead atoms. The van der Waals surface area contributed by atoms with E-state index in [1.165, 1.54) is 11.3 Å². The second kappa shape index (κ2) is 7.41. The average Bonchev–Trinajstić information content (AvgIpc) is 2.85. The highest BCUT2D eigenvalue weighted by Gasteiger charge is 2.10. The van der Waals surface area contributed by atoms with E-state index in [9.17, 15) is 0 Å². The Balaban J connectivity index is 1.89. The largest absolute Gasteiger partial charge is 0.494 e. The number of nitrogens with one attached hydrogen (secondary N) is 1. The third-order valence-electron chi connectivity index (χ3n) is 3.18. The van der Waals surface area contributed by atoms with Gasteiger partial charge in [0.15, 0.2) is 0 Å². The summed E-state index contributed by atoms with van der Waals surface area (Å²) in [5.41, 5.74) is 2.38. The summed E-state index contributed by atoms with van der Waals surface area (Å²) in [6, 6.07) is 8.49. The van der Waals surface area contributed by atoms with Gasteiger partial charge >= 0.3 is 0 Å². The molecule has 0 aliphatic heterocycles. The number of thiazole rings is 1. The third kappa shape index (κ3) is 4.05. The zero-order valence-corrected chi connectivity index (χ0v) is 13.2. The molecule has 1 unspecified atom stereocenters. The third-order valence-corrected chi connectivity index (χ3v) is 4.01. The fourth-order valence-corrected chi connectivity index (χ4v) is 2.82. The minimum atomic E-state index is 0.275. The number of aromatic nitrogens is 1. The number of nitrogens with zero attached hydrogens (tertiary/aromatic N) is 1. The van der Waals surface area contributed by atoms with Gasteiger partial charge in [0.25, 0.3) is 0 Å². The van der Waals surface area contributed by atoms with Crippen LogP contribution >= 0.6 is 11.3 Å². The van der Waals surface area contributed by atoms with E-state index in [1.807, 2.05) is 26.0 Å². The van der Waals surface area contributed by atoms with Gasteiger partial charge in [0, 0.05) is 30.0 Å². The summed E-state index contributed by atoms with van der Waals surface area (Å²) < 4.78 is 5.68. The summed E-state index contributed by atoms with van der Waals surface area (Å²) in [5.74, 6) is 0.972. The molecule has 0 amide bonds. The van der Waals surface area contributed by atoms with Crippen molar-refractivity contribution < 1.29 is 4.74 Å². The highest BCUT2D eigenvalue weighted by atomic mass is 32.1. The monoisotopic (exact) mass is 290 g/mol. The zero-order valence-electron chi connectivity index (χ0n) is 12.3. The van der Waals surface area contributed by atoms with Gasteiger partial charge in [-0.25, -0.2) is 4.98 Å². The standard InChI is InChI=1S/C16H22N2OS/c1-4-19-16-8-6-5-7-15(16)12(2)17-10-9-14-11-20-13(3)18-14/h5-8,11-12,17H,4,9-10H2,1-3H3. The summed E-state index contributed by atoms with van der Waals surface area (Å²) in [6.45, 7) is 7.85. The van der Waals surface area contributed by atoms with Crippen LogP contribution in [0.2, 0.25) is 0 Å². The first-order valence-corrected chi connectivity index (χ1v) is 7.94. The van der Waals surface area contributed by atoms with Crippen molar-refractivity contribution in [3.63, 3.8) is 0 Å². The quantitative estimate of drug-likeness (QED) is 0.843. The maximum Gasteiger partial charge on any atom is 0.124 e. The fraction of sp³-hybridized carbons (Fsp3) is 0.438. The second-order valence-electron chi connectivity index (χ2n) is 4.75. The number of aryl methyl sites for hydroxylation is 1. The Morgan fingerprint density at radius 1 is 1.35 bits per heavy atom. The fourth-order valence-electron chi connectivity index (χ4n) is 2.17. The molecule has 0 saturated carbocycles. The van der Waals surface area contributed by atoms with Gasteiger partial charge in [-0.3, -0.25) is 0 Å². The van der Waals surface area contributed by atoms with Crippen LogP contribution in [0.1, 0.15) is 36.2 Å². The first kappa shape index (κ1) is 15.0. The lowest BCUT2D eigenvalue weighted by Gasteiger charge is -2.17. The summed E-state index contributed by atoms with van der Waals surface area (Å²) in [6.07, 6.45) is 0.964. The van der Waals surface area contributed by atoms with Crippen molar-refractivity contribution in [1.29, 1.82) is 0 Å². The van der Waals surface area contributed by atoms with Crippen molar-refractivity contribution in [2.24, 2.45) is 0 Å². The first-order chi connectivity index (χ1) is 9.70. The van der Waals surface area contributed by atoms with E-state index in [1.54, 1.807) is 11.3 Å². The average molecular weight is 290 g/mol. The van der Waals surface area contributed by atoms with Crippen molar-refractivity contribution in [2.45, 2.75) is 33.2 Å². The van der Waals surface area contributed by atoms with E-state index < -0.39 is 0 Å². The molecule has 3 nitrogen and oxygen atoms in total. The van der Waals surface area contributed by atoms with Gasteiger partial charge in [0.05, 0.1) is 17.3 Å². The summed E-state index contributed by atoms with van der Waals surface area (Å²) in [5, 5.41) is 6.81. The maximum absolute atomic E-state index is 5.68. The molecule has 20 heavy (non-hydrogen) atoms. The van der Waals surface area contributed by atoms with Gasteiger partial charge in [0.1, 0.15) is 5.75 Å². The molecular weight excluding hydrogens is 268 g/mol. The second-order valence-corrected chi connectivity index (χ2v) is 5.82. The van der Waals surface area contributed by atoms with Crippen LogP contribution in [0.15, 0.2) is 29.6 Å². The van der Waals surface area contributed by atoms with Crippen LogP contribution in [-0.2, 0) is 6.42 Å². The van der Waals surface area contributed by atoms with Crippen LogP contribution in [0.25, 0.3) is 0 Å². The van der Waals surface area contributed by atoms with E-state index in [0.29, 0.717) is 6.61 Å². The van der Waals surface area contributed by atoms with Crippen molar-refractivity contribution in [1.82, 2.24) is 10.3 Å². The molecule has 108 valence electrons. The van der Waals surface area contributed by atoms with Gasteiger partial charge in [-0.2, -0.15) is 0 Å². The van der Waals surface area contributed by atoms with E-state index >= 15 is 0 Å². The van der Waals surface area contributed by atoms with Crippen molar-refractivity contribution in [2.75, 3.05) is 13.2 Å². The molecule has 1 N–H and O–H groups in total. The summed E-state index contributed by atoms with van der Waals surface area (Å²) in [4.78, 5) is 4.48. The smallest absolute Gasteiger partial charge is 0.124 e. The minimum absolute atomic E-state index is 0.275. The Labute approximate surface area is 125 Å². The lowest BCUT2D eigenvalue weighted by atomic mass is 10.1. The summed E-state index contributed by atoms with van der Waals surface area (Å²) >= 11 is 1.71. The van der Waals surface area contributed by atoms with Crippen LogP contribution in [0.3, 0.4) is 0 Å². The summed E-state index contributed by atoms with van der Waals surface area (Å²) in [7, 11) is 0. The highest BCUT2D eigenvalue weighted by Crippen LogP contribution is 2.24. The molecule has 0 saturated heterocycles. The van der Waals surface area contributed by atoms with Gasteiger partial charge in [-0.05, 0) is 26.8 Å². The molecule has 2 rings (SSSR count). The Bertz CT molecular complexity index is 539. The molecule has 0 aliphatic carbocycles. The maximum atomic E-state index is 5.68. The van der Waals surface area contributed by atoms with E-state index in [0.717, 1.165) is 23.7 Å². The molecular formula is C16H22N2OS. The van der Waals surface area contributed by atoms with E-state index in [4.69, 9.17) is 4.74 Å². The normalized spacial score (nSPS) is 12.3. The molecule has 0 fully saturated rings. The number of rotatable bonds is 7. The molecule has 1 aromatic carbocycles. The van der Waals surface area contributed by atoms with Crippen molar-refractivity contribution >= 4 is 11.3 Å². The Hall–Kier alpha value is -1.39. The van der Waals surface area contributed by atoms with Crippen molar-refractivity contribution in [3.8, 4) is 5.75 Å². The predicted molar refractivity (Wildman–Crippen MR) is 84.6 cm³/mol. The number of para-hydroxylation sites is 1. The van der Waals surface area contributed by atoms with E-state index in [-0.39, 0.29) is 6.04 Å². The molecule has 2 aromatic rings. The first-order valence-electron chi connectivity index (χ1n) is 7.06. The number of ether oxygens (including phenoxy) is 1. The van der Waals surface area contributed by atoms with Crippen LogP contribution in [0.4, 0.5) is 0 Å². The highest BCUT2D eigenvalue weighted by molar-refractivity contribution is 7.09. The minimum Gasteiger partial charge on any atom is -0.494 e. The van der Waals surface area contributed by atoms with Crippen LogP contribution in [-0.4, -0.2) is 18.1 Å². The lowest BCUT2D eigenvalue weighted by Crippen LogP contribution is -2.22. The Morgan fingerprint density at radius 2 is 2.15 bits per heavy atom. The van der Waals surface area contributed by atoms with Gasteiger partial charge in [-0.15, -0.1) is 11.3 Å². The van der Waals surface area contributed by atoms with Crippen LogP contribution < -0.4 is 10.1 Å². The lowest BCUT2D eigenvalue weighted by molar-refractivity contribution is 0.332. The molecule has 0 radical (unpaired) electrons. The number of benzene rings is 1. The molecule has 0 spiro atoms. The molecule has 1 heterocycles. The Morgan fingerprint density at radius 3 is 2.85 bits per heavy atom. The van der Waals surface area contributed by atoms with Gasteiger partial charge in [0.2, 0.25) is 0 Å². The Kier molecular flexibility index (Phi) is 5.56. The van der Waals surface area contributed by atoms with Gasteiger partial charge < -0.3 is 10.1 Å². The SMILES string of the molecule is CCOc1ccccc1C(C)NCCc1csc(C)n1. The molecule has 1 atom stereocenters. The molecule has 1 aromatic heterocycles. The number of hydrogen-bond acceptors (Lipinski definition) is 4. The predicted octanol–water partition coefficient (Wildman–Crippen LogP) is 3.74. The van der Waals surface area contributed by atoms with Crippen molar-refractivity contribution in [3.05, 3.63) is 45.9 Å².